The third-order valence-corrected chi connectivity index (χ3v) is 6.32. The Morgan fingerprint density at radius 3 is 2.11 bits per heavy atom. The third kappa shape index (κ3) is 3.04. The van der Waals surface area contributed by atoms with E-state index >= 15 is 0 Å². The second kappa shape index (κ2) is 5.80. The second-order valence-electron chi connectivity index (χ2n) is 5.74. The van der Waals surface area contributed by atoms with Gasteiger partial charge in [0, 0.05) is 12.0 Å². The van der Waals surface area contributed by atoms with E-state index in [4.69, 9.17) is 9.05 Å². The number of piperidine rings is 1. The Hall–Kier alpha value is 0.0300. The smallest absolute Gasteiger partial charge is 0.352 e. The standard InChI is InChI=1S/C12H26NO5P/c1-6-17-19(16,18-7-2)12(5)9-10(14)8-11(3,4)13(12)15/h10,14-15H,6-9H2,1-5H3. The molecule has 2 N–H and O–H groups in total. The monoisotopic (exact) mass is 295 g/mol. The molecule has 1 fully saturated rings. The highest BCUT2D eigenvalue weighted by molar-refractivity contribution is 7.55. The van der Waals surface area contributed by atoms with Gasteiger partial charge < -0.3 is 19.4 Å². The molecule has 114 valence electrons. The minimum Gasteiger partial charge on any atom is -0.393 e. The van der Waals surface area contributed by atoms with E-state index in [1.54, 1.807) is 34.6 Å². The largest absolute Gasteiger partial charge is 0.393 e. The lowest BCUT2D eigenvalue weighted by Gasteiger charge is -2.52. The highest BCUT2D eigenvalue weighted by atomic mass is 31.2. The summed E-state index contributed by atoms with van der Waals surface area (Å²) < 4.78 is 23.7. The van der Waals surface area contributed by atoms with Gasteiger partial charge in [0.15, 0.2) is 0 Å². The van der Waals surface area contributed by atoms with Gasteiger partial charge in [0.1, 0.15) is 5.28 Å². The van der Waals surface area contributed by atoms with Crippen LogP contribution in [0.1, 0.15) is 47.5 Å². The molecule has 19 heavy (non-hydrogen) atoms. The fraction of sp³-hybridized carbons (Fsp3) is 1.00. The number of hydrogen-bond donors (Lipinski definition) is 2. The number of aliphatic hydroxyl groups is 1. The Morgan fingerprint density at radius 2 is 1.68 bits per heavy atom. The van der Waals surface area contributed by atoms with Crippen molar-refractivity contribution in [1.29, 1.82) is 0 Å². The molecule has 7 heteroatoms. The fourth-order valence-electron chi connectivity index (χ4n) is 2.80. The molecule has 1 saturated heterocycles. The molecule has 0 saturated carbocycles. The van der Waals surface area contributed by atoms with Crippen LogP contribution in [0.3, 0.4) is 0 Å². The Kier molecular flexibility index (Phi) is 5.21. The molecule has 1 aliphatic heterocycles. The summed E-state index contributed by atoms with van der Waals surface area (Å²) in [4.78, 5) is 0. The van der Waals surface area contributed by atoms with Crippen molar-refractivity contribution in [3.8, 4) is 0 Å². The molecule has 0 spiro atoms. The van der Waals surface area contributed by atoms with Gasteiger partial charge in [-0.25, -0.2) is 0 Å². The number of hydroxylamine groups is 2. The zero-order chi connectivity index (χ0) is 14.9. The predicted molar refractivity (Wildman–Crippen MR) is 72.2 cm³/mol. The average Bonchev–Trinajstić information content (AvgIpc) is 2.25. The first kappa shape index (κ1) is 17.1. The normalized spacial score (nSPS) is 32.5. The maximum absolute atomic E-state index is 13.0. The molecular formula is C12H26NO5P. The van der Waals surface area contributed by atoms with Crippen LogP contribution in [0.25, 0.3) is 0 Å². The Balaban J connectivity index is 3.20. The molecule has 1 heterocycles. The van der Waals surface area contributed by atoms with Crippen LogP contribution in [0.5, 0.6) is 0 Å². The third-order valence-electron chi connectivity index (χ3n) is 3.58. The van der Waals surface area contributed by atoms with Crippen molar-refractivity contribution in [2.75, 3.05) is 13.2 Å². The minimum atomic E-state index is -3.56. The Morgan fingerprint density at radius 1 is 1.21 bits per heavy atom. The lowest BCUT2D eigenvalue weighted by Crippen LogP contribution is -2.61. The zero-order valence-corrected chi connectivity index (χ0v) is 13.3. The maximum Gasteiger partial charge on any atom is 0.352 e. The summed E-state index contributed by atoms with van der Waals surface area (Å²) in [6.45, 7) is 9.08. The van der Waals surface area contributed by atoms with Gasteiger partial charge in [0.05, 0.1) is 19.3 Å². The van der Waals surface area contributed by atoms with Crippen LogP contribution < -0.4 is 0 Å². The summed E-state index contributed by atoms with van der Waals surface area (Å²) in [7, 11) is -3.56. The van der Waals surface area contributed by atoms with Crippen molar-refractivity contribution in [2.45, 2.75) is 64.4 Å². The topological polar surface area (TPSA) is 79.2 Å². The van der Waals surface area contributed by atoms with E-state index in [1.165, 1.54) is 0 Å². The number of rotatable bonds is 5. The fourth-order valence-corrected chi connectivity index (χ4v) is 5.05. The van der Waals surface area contributed by atoms with Gasteiger partial charge in [-0.1, -0.05) is 0 Å². The van der Waals surface area contributed by atoms with E-state index in [9.17, 15) is 14.9 Å². The van der Waals surface area contributed by atoms with Crippen LogP contribution in [0.2, 0.25) is 0 Å². The first-order valence-corrected chi connectivity index (χ1v) is 8.23. The maximum atomic E-state index is 13.0. The van der Waals surface area contributed by atoms with Gasteiger partial charge in [-0.15, -0.1) is 0 Å². The van der Waals surface area contributed by atoms with E-state index in [1.807, 2.05) is 0 Å². The number of nitrogens with zero attached hydrogens (tertiary/aromatic N) is 1. The molecule has 0 aliphatic carbocycles. The lowest BCUT2D eigenvalue weighted by molar-refractivity contribution is -0.242. The highest BCUT2D eigenvalue weighted by Gasteiger charge is 2.59. The second-order valence-corrected chi connectivity index (χ2v) is 8.21. The summed E-state index contributed by atoms with van der Waals surface area (Å²) in [6, 6.07) is 0. The molecule has 0 radical (unpaired) electrons. The van der Waals surface area contributed by atoms with Crippen molar-refractivity contribution < 1.29 is 23.9 Å². The molecule has 2 atom stereocenters. The van der Waals surface area contributed by atoms with Crippen LogP contribution in [0.15, 0.2) is 0 Å². The highest BCUT2D eigenvalue weighted by Crippen LogP contribution is 2.65. The van der Waals surface area contributed by atoms with E-state index < -0.39 is 24.5 Å². The Labute approximate surface area is 115 Å². The summed E-state index contributed by atoms with van der Waals surface area (Å²) >= 11 is 0. The quantitative estimate of drug-likeness (QED) is 0.759. The molecular weight excluding hydrogens is 269 g/mol. The van der Waals surface area contributed by atoms with Crippen molar-refractivity contribution in [3.05, 3.63) is 0 Å². The van der Waals surface area contributed by atoms with Gasteiger partial charge in [-0.05, 0) is 41.0 Å². The van der Waals surface area contributed by atoms with Gasteiger partial charge in [0.25, 0.3) is 0 Å². The van der Waals surface area contributed by atoms with Crippen LogP contribution in [-0.2, 0) is 13.6 Å². The molecule has 1 aliphatic rings. The molecule has 0 bridgehead atoms. The first-order valence-electron chi connectivity index (χ1n) is 6.69. The molecule has 2 unspecified atom stereocenters. The molecule has 0 aromatic carbocycles. The van der Waals surface area contributed by atoms with Crippen molar-refractivity contribution >= 4 is 7.60 Å². The molecule has 6 nitrogen and oxygen atoms in total. The molecule has 0 aromatic rings. The molecule has 1 rings (SSSR count). The SMILES string of the molecule is CCOP(=O)(OCC)C1(C)CC(O)CC(C)(C)N1O. The summed E-state index contributed by atoms with van der Waals surface area (Å²) in [5.41, 5.74) is -0.698. The summed E-state index contributed by atoms with van der Waals surface area (Å²) in [6.07, 6.45) is -0.112. The van der Waals surface area contributed by atoms with Gasteiger partial charge in [-0.2, -0.15) is 5.06 Å². The van der Waals surface area contributed by atoms with Crippen LogP contribution in [-0.4, -0.2) is 45.5 Å². The van der Waals surface area contributed by atoms with Crippen LogP contribution in [0, 0.1) is 0 Å². The van der Waals surface area contributed by atoms with Crippen molar-refractivity contribution in [2.24, 2.45) is 0 Å². The Bertz CT molecular complexity index is 352. The molecule has 0 aromatic heterocycles. The first-order chi connectivity index (χ1) is 8.63. The van der Waals surface area contributed by atoms with E-state index in [0.717, 1.165) is 5.06 Å². The van der Waals surface area contributed by atoms with Crippen LogP contribution >= 0.6 is 7.60 Å². The van der Waals surface area contributed by atoms with Crippen LogP contribution in [0.4, 0.5) is 0 Å². The zero-order valence-electron chi connectivity index (χ0n) is 12.4. The average molecular weight is 295 g/mol. The number of aliphatic hydroxyl groups excluding tert-OH is 1. The van der Waals surface area contributed by atoms with Gasteiger partial charge in [-0.3, -0.25) is 4.57 Å². The van der Waals surface area contributed by atoms with Gasteiger partial charge in [0.2, 0.25) is 0 Å². The van der Waals surface area contributed by atoms with E-state index in [-0.39, 0.29) is 19.6 Å². The summed E-state index contributed by atoms with van der Waals surface area (Å²) in [5.74, 6) is 0. The van der Waals surface area contributed by atoms with E-state index in [0.29, 0.717) is 6.42 Å². The molecule has 0 amide bonds. The minimum absolute atomic E-state index is 0.143. The summed E-state index contributed by atoms with van der Waals surface area (Å²) in [5, 5.41) is 20.3. The van der Waals surface area contributed by atoms with Crippen molar-refractivity contribution in [3.63, 3.8) is 0 Å². The van der Waals surface area contributed by atoms with Crippen molar-refractivity contribution in [1.82, 2.24) is 5.06 Å². The predicted octanol–water partition coefficient (Wildman–Crippen LogP) is 2.59. The van der Waals surface area contributed by atoms with E-state index in [2.05, 4.69) is 0 Å². The van der Waals surface area contributed by atoms with Gasteiger partial charge >= 0.3 is 7.60 Å². The lowest BCUT2D eigenvalue weighted by atomic mass is 9.86. The number of hydrogen-bond acceptors (Lipinski definition) is 6.